The van der Waals surface area contributed by atoms with Crippen molar-refractivity contribution in [2.75, 3.05) is 5.32 Å². The van der Waals surface area contributed by atoms with Crippen LogP contribution < -0.4 is 5.32 Å². The summed E-state index contributed by atoms with van der Waals surface area (Å²) in [5, 5.41) is 20.7. The normalized spacial score (nSPS) is 12.1. The second-order valence-electron chi connectivity index (χ2n) is 3.21. The van der Waals surface area contributed by atoms with Crippen LogP contribution in [-0.2, 0) is 4.79 Å². The molecule has 1 aromatic carbocycles. The molecule has 0 saturated carbocycles. The molecule has 76 valence electrons. The molecule has 0 spiro atoms. The summed E-state index contributed by atoms with van der Waals surface area (Å²) >= 11 is 0. The lowest BCUT2D eigenvalue weighted by molar-refractivity contribution is -0.137. The summed E-state index contributed by atoms with van der Waals surface area (Å²) in [4.78, 5) is 10.5. The van der Waals surface area contributed by atoms with Gasteiger partial charge in [-0.15, -0.1) is 0 Å². The third-order valence-electron chi connectivity index (χ3n) is 1.95. The Morgan fingerprint density at radius 3 is 2.64 bits per heavy atom. The molecule has 0 radical (unpaired) electrons. The number of aromatic hydroxyl groups is 1. The molecule has 1 aromatic rings. The van der Waals surface area contributed by atoms with E-state index in [1.807, 2.05) is 0 Å². The van der Waals surface area contributed by atoms with Crippen LogP contribution in [0.25, 0.3) is 0 Å². The van der Waals surface area contributed by atoms with Crippen LogP contribution in [-0.4, -0.2) is 22.2 Å². The van der Waals surface area contributed by atoms with E-state index in [1.54, 1.807) is 26.0 Å². The van der Waals surface area contributed by atoms with Gasteiger partial charge in [0.1, 0.15) is 11.8 Å². The molecular weight excluding hydrogens is 182 g/mol. The lowest BCUT2D eigenvalue weighted by Gasteiger charge is -2.11. The van der Waals surface area contributed by atoms with E-state index in [0.29, 0.717) is 11.3 Å². The highest BCUT2D eigenvalue weighted by molar-refractivity contribution is 5.76. The monoisotopic (exact) mass is 195 g/mol. The molecule has 3 N–H and O–H groups in total. The zero-order valence-corrected chi connectivity index (χ0v) is 8.11. The van der Waals surface area contributed by atoms with E-state index in [4.69, 9.17) is 5.11 Å². The summed E-state index contributed by atoms with van der Waals surface area (Å²) in [5.41, 5.74) is 1.41. The Morgan fingerprint density at radius 1 is 1.50 bits per heavy atom. The summed E-state index contributed by atoms with van der Waals surface area (Å²) in [7, 11) is 0. The number of phenolic OH excluding ortho intramolecular Hbond substituents is 1. The van der Waals surface area contributed by atoms with Gasteiger partial charge >= 0.3 is 5.97 Å². The number of rotatable bonds is 3. The highest BCUT2D eigenvalue weighted by atomic mass is 16.4. The van der Waals surface area contributed by atoms with Crippen molar-refractivity contribution in [1.82, 2.24) is 0 Å². The number of aliphatic carboxylic acids is 1. The Morgan fingerprint density at radius 2 is 2.14 bits per heavy atom. The molecule has 1 rings (SSSR count). The van der Waals surface area contributed by atoms with Crippen molar-refractivity contribution in [3.8, 4) is 5.75 Å². The molecule has 0 amide bonds. The van der Waals surface area contributed by atoms with Gasteiger partial charge in [0.25, 0.3) is 0 Å². The molecule has 0 aliphatic heterocycles. The predicted octanol–water partition coefficient (Wildman–Crippen LogP) is 1.59. The Labute approximate surface area is 82.2 Å². The van der Waals surface area contributed by atoms with E-state index in [0.717, 1.165) is 0 Å². The smallest absolute Gasteiger partial charge is 0.325 e. The maximum absolute atomic E-state index is 10.5. The van der Waals surface area contributed by atoms with Crippen molar-refractivity contribution in [2.45, 2.75) is 19.9 Å². The molecule has 0 heterocycles. The fourth-order valence-corrected chi connectivity index (χ4v) is 1.06. The minimum Gasteiger partial charge on any atom is -0.508 e. The molecule has 1 unspecified atom stereocenters. The maximum atomic E-state index is 10.5. The predicted molar refractivity (Wildman–Crippen MR) is 53.6 cm³/mol. The molecule has 4 nitrogen and oxygen atoms in total. The highest BCUT2D eigenvalue weighted by Crippen LogP contribution is 2.20. The van der Waals surface area contributed by atoms with Gasteiger partial charge in [0, 0.05) is 5.69 Å². The first-order valence-electron chi connectivity index (χ1n) is 4.29. The first kappa shape index (κ1) is 10.4. The molecule has 0 saturated heterocycles. The van der Waals surface area contributed by atoms with E-state index in [2.05, 4.69) is 5.32 Å². The molecule has 4 heteroatoms. The van der Waals surface area contributed by atoms with Crippen LogP contribution in [0.3, 0.4) is 0 Å². The van der Waals surface area contributed by atoms with E-state index >= 15 is 0 Å². The SMILES string of the molecule is Cc1cc(NC(C)C(=O)O)ccc1O. The maximum Gasteiger partial charge on any atom is 0.325 e. The summed E-state index contributed by atoms with van der Waals surface area (Å²) in [6.45, 7) is 3.32. The van der Waals surface area contributed by atoms with Gasteiger partial charge in [-0.05, 0) is 37.6 Å². The van der Waals surface area contributed by atoms with Crippen molar-refractivity contribution in [2.24, 2.45) is 0 Å². The number of aryl methyl sites for hydroxylation is 1. The summed E-state index contributed by atoms with van der Waals surface area (Å²) in [6.07, 6.45) is 0. The van der Waals surface area contributed by atoms with Gasteiger partial charge in [-0.3, -0.25) is 4.79 Å². The Kier molecular flexibility index (Phi) is 2.96. The molecule has 14 heavy (non-hydrogen) atoms. The van der Waals surface area contributed by atoms with E-state index in [9.17, 15) is 9.90 Å². The van der Waals surface area contributed by atoms with Crippen LogP contribution in [0, 0.1) is 6.92 Å². The van der Waals surface area contributed by atoms with E-state index < -0.39 is 12.0 Å². The number of carbonyl (C=O) groups is 1. The number of phenols is 1. The second kappa shape index (κ2) is 4.00. The van der Waals surface area contributed by atoms with Crippen molar-refractivity contribution in [3.63, 3.8) is 0 Å². The van der Waals surface area contributed by atoms with Gasteiger partial charge in [-0.25, -0.2) is 0 Å². The first-order chi connectivity index (χ1) is 6.50. The average Bonchev–Trinajstić information content (AvgIpc) is 2.11. The number of nitrogens with one attached hydrogen (secondary N) is 1. The Bertz CT molecular complexity index is 349. The van der Waals surface area contributed by atoms with Gasteiger partial charge in [0.15, 0.2) is 0 Å². The Balaban J connectivity index is 2.78. The van der Waals surface area contributed by atoms with Crippen LogP contribution in [0.2, 0.25) is 0 Å². The summed E-state index contributed by atoms with van der Waals surface area (Å²) in [5.74, 6) is -0.700. The average molecular weight is 195 g/mol. The fraction of sp³-hybridized carbons (Fsp3) is 0.300. The number of benzene rings is 1. The minimum atomic E-state index is -0.907. The number of anilines is 1. The lowest BCUT2D eigenvalue weighted by Crippen LogP contribution is -2.25. The van der Waals surface area contributed by atoms with Crippen molar-refractivity contribution in [1.29, 1.82) is 0 Å². The minimum absolute atomic E-state index is 0.207. The lowest BCUT2D eigenvalue weighted by atomic mass is 10.2. The van der Waals surface area contributed by atoms with Gasteiger partial charge < -0.3 is 15.5 Å². The standard InChI is InChI=1S/C10H13NO3/c1-6-5-8(3-4-9(6)12)11-7(2)10(13)14/h3-5,7,11-12H,1-2H3,(H,13,14). The van der Waals surface area contributed by atoms with Crippen LogP contribution in [0.1, 0.15) is 12.5 Å². The molecule has 1 atom stereocenters. The fourth-order valence-electron chi connectivity index (χ4n) is 1.06. The third kappa shape index (κ3) is 2.39. The molecule has 0 bridgehead atoms. The van der Waals surface area contributed by atoms with Gasteiger partial charge in [0.2, 0.25) is 0 Å². The summed E-state index contributed by atoms with van der Waals surface area (Å²) < 4.78 is 0. The highest BCUT2D eigenvalue weighted by Gasteiger charge is 2.10. The zero-order valence-electron chi connectivity index (χ0n) is 8.11. The van der Waals surface area contributed by atoms with Crippen molar-refractivity contribution < 1.29 is 15.0 Å². The summed E-state index contributed by atoms with van der Waals surface area (Å²) in [6, 6.07) is 4.24. The zero-order chi connectivity index (χ0) is 10.7. The molecule has 0 aliphatic carbocycles. The largest absolute Gasteiger partial charge is 0.508 e. The van der Waals surface area contributed by atoms with E-state index in [1.165, 1.54) is 6.07 Å². The third-order valence-corrected chi connectivity index (χ3v) is 1.95. The van der Waals surface area contributed by atoms with Crippen LogP contribution in [0.4, 0.5) is 5.69 Å². The van der Waals surface area contributed by atoms with Gasteiger partial charge in [-0.1, -0.05) is 0 Å². The number of hydrogen-bond donors (Lipinski definition) is 3. The number of carboxylic acid groups (broad SMARTS) is 1. The first-order valence-corrected chi connectivity index (χ1v) is 4.29. The van der Waals surface area contributed by atoms with Crippen molar-refractivity contribution >= 4 is 11.7 Å². The van der Waals surface area contributed by atoms with Crippen molar-refractivity contribution in [3.05, 3.63) is 23.8 Å². The Hall–Kier alpha value is -1.71. The molecule has 0 fully saturated rings. The second-order valence-corrected chi connectivity index (χ2v) is 3.21. The quantitative estimate of drug-likeness (QED) is 0.640. The number of carboxylic acids is 1. The van der Waals surface area contributed by atoms with Gasteiger partial charge in [-0.2, -0.15) is 0 Å². The van der Waals surface area contributed by atoms with Crippen LogP contribution >= 0.6 is 0 Å². The molecule has 0 aliphatic rings. The van der Waals surface area contributed by atoms with Gasteiger partial charge in [0.05, 0.1) is 0 Å². The molecular formula is C10H13NO3. The van der Waals surface area contributed by atoms with Crippen LogP contribution in [0.15, 0.2) is 18.2 Å². The van der Waals surface area contributed by atoms with Crippen LogP contribution in [0.5, 0.6) is 5.75 Å². The topological polar surface area (TPSA) is 69.6 Å². The van der Waals surface area contributed by atoms with E-state index in [-0.39, 0.29) is 5.75 Å². The molecule has 0 aromatic heterocycles. The number of hydrogen-bond acceptors (Lipinski definition) is 3.